The Morgan fingerprint density at radius 1 is 1.41 bits per heavy atom. The van der Waals surface area contributed by atoms with Crippen LogP contribution in [0.4, 0.5) is 13.9 Å². The minimum absolute atomic E-state index is 0.313. The third kappa shape index (κ3) is 3.12. The molecule has 0 aliphatic carbocycles. The van der Waals surface area contributed by atoms with Gasteiger partial charge in [-0.1, -0.05) is 23.1 Å². The first-order chi connectivity index (χ1) is 10.5. The number of nitrogens with zero attached hydrogens (tertiary/aromatic N) is 1. The molecule has 22 heavy (non-hydrogen) atoms. The van der Waals surface area contributed by atoms with Crippen LogP contribution in [0.2, 0.25) is 0 Å². The second-order valence-corrected chi connectivity index (χ2v) is 6.47. The third-order valence-corrected chi connectivity index (χ3v) is 4.55. The minimum Gasteiger partial charge on any atom is -0.469 e. The fourth-order valence-electron chi connectivity index (χ4n) is 1.92. The second kappa shape index (κ2) is 6.05. The van der Waals surface area contributed by atoms with Gasteiger partial charge in [0, 0.05) is 4.90 Å². The van der Waals surface area contributed by atoms with Crippen molar-refractivity contribution in [2.24, 2.45) is 0 Å². The van der Waals surface area contributed by atoms with Gasteiger partial charge in [-0.2, -0.15) is 8.78 Å². The van der Waals surface area contributed by atoms with Crippen LogP contribution in [0, 0.1) is 6.92 Å². The van der Waals surface area contributed by atoms with Gasteiger partial charge in [-0.15, -0.1) is 0 Å². The Hall–Kier alpha value is -1.93. The number of hydrogen-bond donors (Lipinski definition) is 1. The molecule has 0 aliphatic rings. The van der Waals surface area contributed by atoms with E-state index in [1.54, 1.807) is 31.2 Å². The predicted octanol–water partition coefficient (Wildman–Crippen LogP) is 4.76. The number of anilines is 1. The summed E-state index contributed by atoms with van der Waals surface area (Å²) < 4.78 is 30.6. The molecule has 3 aromatic rings. The van der Waals surface area contributed by atoms with Crippen LogP contribution in [0.1, 0.15) is 16.1 Å². The lowest BCUT2D eigenvalue weighted by molar-refractivity contribution is 0.102. The summed E-state index contributed by atoms with van der Waals surface area (Å²) in [6.07, 6.45) is 1.44. The summed E-state index contributed by atoms with van der Waals surface area (Å²) in [4.78, 5) is 16.8. The monoisotopic (exact) mass is 340 g/mol. The van der Waals surface area contributed by atoms with Crippen LogP contribution in [0.15, 0.2) is 39.8 Å². The van der Waals surface area contributed by atoms with E-state index in [2.05, 4.69) is 10.3 Å². The summed E-state index contributed by atoms with van der Waals surface area (Å²) in [6, 6.07) is 6.47. The molecule has 2 heterocycles. The van der Waals surface area contributed by atoms with Gasteiger partial charge in [0.1, 0.15) is 5.76 Å². The number of benzene rings is 1. The van der Waals surface area contributed by atoms with Crippen molar-refractivity contribution in [1.82, 2.24) is 4.98 Å². The van der Waals surface area contributed by atoms with E-state index in [1.807, 2.05) is 0 Å². The van der Waals surface area contributed by atoms with E-state index in [0.717, 1.165) is 4.70 Å². The summed E-state index contributed by atoms with van der Waals surface area (Å²) in [5, 5.41) is 3.10. The highest BCUT2D eigenvalue weighted by molar-refractivity contribution is 7.99. The second-order valence-electron chi connectivity index (χ2n) is 4.37. The van der Waals surface area contributed by atoms with Crippen LogP contribution in [0.3, 0.4) is 0 Å². The van der Waals surface area contributed by atoms with Crippen LogP contribution in [-0.4, -0.2) is 16.6 Å². The maximum Gasteiger partial charge on any atom is 0.288 e. The summed E-state index contributed by atoms with van der Waals surface area (Å²) in [5.41, 5.74) is 1.09. The number of furan rings is 1. The Labute approximate surface area is 132 Å². The lowest BCUT2D eigenvalue weighted by Crippen LogP contribution is -2.11. The molecule has 1 aromatic carbocycles. The number of alkyl halides is 2. The Bertz CT molecular complexity index is 829. The fraction of sp³-hybridized carbons (Fsp3) is 0.143. The number of thiazole rings is 1. The number of carbonyl (C=O) groups is 1. The van der Waals surface area contributed by atoms with E-state index in [1.165, 1.54) is 17.6 Å². The molecule has 1 amide bonds. The van der Waals surface area contributed by atoms with Gasteiger partial charge in [0.2, 0.25) is 0 Å². The van der Waals surface area contributed by atoms with Crippen LogP contribution in [-0.2, 0) is 0 Å². The zero-order valence-corrected chi connectivity index (χ0v) is 12.9. The normalized spacial score (nSPS) is 11.3. The van der Waals surface area contributed by atoms with Crippen molar-refractivity contribution in [3.8, 4) is 0 Å². The first-order valence-electron chi connectivity index (χ1n) is 6.24. The number of hydrogen-bond acceptors (Lipinski definition) is 5. The molecule has 4 nitrogen and oxygen atoms in total. The summed E-state index contributed by atoms with van der Waals surface area (Å²) in [5.74, 6) is -2.25. The molecular formula is C14H10F2N2O2S2. The quantitative estimate of drug-likeness (QED) is 0.696. The van der Waals surface area contributed by atoms with Gasteiger partial charge in [-0.3, -0.25) is 10.1 Å². The molecule has 0 spiro atoms. The average Bonchev–Trinajstić information content (AvgIpc) is 3.03. The molecule has 2 aromatic heterocycles. The SMILES string of the molecule is Cc1occc1C(=O)Nc1nc2ccc(SC(F)F)cc2s1. The van der Waals surface area contributed by atoms with Crippen molar-refractivity contribution < 1.29 is 18.0 Å². The van der Waals surface area contributed by atoms with Gasteiger partial charge in [-0.25, -0.2) is 4.98 Å². The molecule has 0 atom stereocenters. The van der Waals surface area contributed by atoms with Gasteiger partial charge in [0.15, 0.2) is 5.13 Å². The van der Waals surface area contributed by atoms with Gasteiger partial charge in [0.25, 0.3) is 11.7 Å². The number of thioether (sulfide) groups is 1. The van der Waals surface area contributed by atoms with Gasteiger partial charge < -0.3 is 4.42 Å². The lowest BCUT2D eigenvalue weighted by atomic mass is 10.2. The van der Waals surface area contributed by atoms with Crippen molar-refractivity contribution in [3.63, 3.8) is 0 Å². The zero-order valence-electron chi connectivity index (χ0n) is 11.3. The molecule has 1 N–H and O–H groups in total. The van der Waals surface area contributed by atoms with Crippen molar-refractivity contribution in [3.05, 3.63) is 41.9 Å². The van der Waals surface area contributed by atoms with Crippen molar-refractivity contribution in [2.75, 3.05) is 5.32 Å². The van der Waals surface area contributed by atoms with E-state index >= 15 is 0 Å². The van der Waals surface area contributed by atoms with Crippen molar-refractivity contribution in [2.45, 2.75) is 17.6 Å². The Kier molecular flexibility index (Phi) is 4.12. The van der Waals surface area contributed by atoms with Crippen LogP contribution in [0.5, 0.6) is 0 Å². The number of amides is 1. The van der Waals surface area contributed by atoms with Crippen LogP contribution >= 0.6 is 23.1 Å². The highest BCUT2D eigenvalue weighted by Gasteiger charge is 2.14. The predicted molar refractivity (Wildman–Crippen MR) is 82.9 cm³/mol. The molecule has 3 rings (SSSR count). The molecule has 0 saturated carbocycles. The molecule has 0 unspecified atom stereocenters. The number of aromatic nitrogens is 1. The first kappa shape index (κ1) is 15.0. The highest BCUT2D eigenvalue weighted by Crippen LogP contribution is 2.32. The number of halogens is 2. The lowest BCUT2D eigenvalue weighted by Gasteiger charge is -1.98. The molecule has 114 valence electrons. The Morgan fingerprint density at radius 2 is 2.23 bits per heavy atom. The first-order valence-corrected chi connectivity index (χ1v) is 7.93. The fourth-order valence-corrected chi connectivity index (χ4v) is 3.43. The molecule has 0 radical (unpaired) electrons. The smallest absolute Gasteiger partial charge is 0.288 e. The molecular weight excluding hydrogens is 330 g/mol. The van der Waals surface area contributed by atoms with Crippen LogP contribution in [0.25, 0.3) is 10.2 Å². The molecule has 0 aliphatic heterocycles. The third-order valence-electron chi connectivity index (χ3n) is 2.91. The van der Waals surface area contributed by atoms with Gasteiger partial charge in [0.05, 0.1) is 22.0 Å². The van der Waals surface area contributed by atoms with Gasteiger partial charge >= 0.3 is 0 Å². The van der Waals surface area contributed by atoms with E-state index in [-0.39, 0.29) is 5.91 Å². The van der Waals surface area contributed by atoms with E-state index in [9.17, 15) is 13.6 Å². The van der Waals surface area contributed by atoms with E-state index in [0.29, 0.717) is 38.6 Å². The largest absolute Gasteiger partial charge is 0.469 e. The Balaban J connectivity index is 1.83. The Morgan fingerprint density at radius 3 is 2.91 bits per heavy atom. The standard InChI is InChI=1S/C14H10F2N2O2S2/c1-7-9(4-5-20-7)12(19)18-14-17-10-3-2-8(21-13(15)16)6-11(10)22-14/h2-6,13H,1H3,(H,17,18,19). The van der Waals surface area contributed by atoms with Crippen LogP contribution < -0.4 is 5.32 Å². The summed E-state index contributed by atoms with van der Waals surface area (Å²) in [7, 11) is 0. The molecule has 0 fully saturated rings. The maximum absolute atomic E-state index is 12.4. The molecule has 0 bridgehead atoms. The van der Waals surface area contributed by atoms with Crippen molar-refractivity contribution >= 4 is 44.4 Å². The number of carbonyl (C=O) groups excluding carboxylic acids is 1. The topological polar surface area (TPSA) is 55.1 Å². The molecule has 8 heteroatoms. The molecule has 0 saturated heterocycles. The zero-order chi connectivity index (χ0) is 15.7. The summed E-state index contributed by atoms with van der Waals surface area (Å²) in [6.45, 7) is 1.70. The number of rotatable bonds is 4. The average molecular weight is 340 g/mol. The highest BCUT2D eigenvalue weighted by atomic mass is 32.2. The van der Waals surface area contributed by atoms with Gasteiger partial charge in [-0.05, 0) is 31.2 Å². The maximum atomic E-state index is 12.4. The number of nitrogens with one attached hydrogen (secondary N) is 1. The number of fused-ring (bicyclic) bond motifs is 1. The minimum atomic E-state index is -2.46. The van der Waals surface area contributed by atoms with E-state index in [4.69, 9.17) is 4.42 Å². The summed E-state index contributed by atoms with van der Waals surface area (Å²) >= 11 is 1.72. The van der Waals surface area contributed by atoms with E-state index < -0.39 is 5.76 Å². The van der Waals surface area contributed by atoms with Crippen molar-refractivity contribution in [1.29, 1.82) is 0 Å². The number of aryl methyl sites for hydroxylation is 1.